The molecule has 4 atom stereocenters. The Kier molecular flexibility index (Phi) is 3.10. The average molecular weight is 240 g/mol. The molecule has 1 unspecified atom stereocenters. The van der Waals surface area contributed by atoms with Crippen molar-refractivity contribution in [1.82, 2.24) is 4.90 Å². The summed E-state index contributed by atoms with van der Waals surface area (Å²) in [5, 5.41) is 0. The van der Waals surface area contributed by atoms with Gasteiger partial charge in [-0.05, 0) is 52.4 Å². The number of amides is 1. The maximum Gasteiger partial charge on any atom is 0.410 e. The summed E-state index contributed by atoms with van der Waals surface area (Å²) >= 11 is 0. The van der Waals surface area contributed by atoms with Crippen LogP contribution in [0.15, 0.2) is 0 Å². The maximum atomic E-state index is 12.0. The second-order valence-corrected chi connectivity index (χ2v) is 6.57. The van der Waals surface area contributed by atoms with Crippen LogP contribution < -0.4 is 5.73 Å². The van der Waals surface area contributed by atoms with E-state index in [1.807, 2.05) is 32.6 Å². The van der Waals surface area contributed by atoms with Gasteiger partial charge in [0.2, 0.25) is 0 Å². The van der Waals surface area contributed by atoms with Crippen molar-refractivity contribution < 1.29 is 9.53 Å². The molecule has 3 fully saturated rings. The van der Waals surface area contributed by atoms with Gasteiger partial charge in [-0.15, -0.1) is 0 Å². The second kappa shape index (κ2) is 4.16. The summed E-state index contributed by atoms with van der Waals surface area (Å²) in [6, 6.07) is 0.602. The predicted octanol–water partition coefficient (Wildman–Crippen LogP) is 1.98. The van der Waals surface area contributed by atoms with E-state index in [1.165, 1.54) is 0 Å². The highest BCUT2D eigenvalue weighted by atomic mass is 16.6. The molecular weight excluding hydrogens is 216 g/mol. The average Bonchev–Trinajstić information content (AvgIpc) is 2.68. The zero-order chi connectivity index (χ0) is 12.8. The Hall–Kier alpha value is -0.770. The molecule has 3 rings (SSSR count). The smallest absolute Gasteiger partial charge is 0.410 e. The van der Waals surface area contributed by atoms with Gasteiger partial charge in [-0.25, -0.2) is 4.79 Å². The van der Waals surface area contributed by atoms with Crippen molar-refractivity contribution in [2.75, 3.05) is 6.54 Å². The molecule has 4 nitrogen and oxygen atoms in total. The molecule has 0 aromatic rings. The van der Waals surface area contributed by atoms with E-state index in [0.29, 0.717) is 17.9 Å². The summed E-state index contributed by atoms with van der Waals surface area (Å²) in [6.07, 6.45) is 2.00. The van der Waals surface area contributed by atoms with Crippen LogP contribution in [0.2, 0.25) is 0 Å². The first kappa shape index (κ1) is 12.7. The molecule has 2 N–H and O–H groups in total. The van der Waals surface area contributed by atoms with E-state index in [2.05, 4.69) is 0 Å². The Labute approximate surface area is 103 Å². The maximum absolute atomic E-state index is 12.0. The van der Waals surface area contributed by atoms with E-state index < -0.39 is 5.60 Å². The highest BCUT2D eigenvalue weighted by molar-refractivity contribution is 5.69. The number of carbonyl (C=O) groups is 1. The fourth-order valence-corrected chi connectivity index (χ4v) is 3.04. The first-order valence-corrected chi connectivity index (χ1v) is 6.53. The largest absolute Gasteiger partial charge is 0.444 e. The fraction of sp³-hybridized carbons (Fsp3) is 0.923. The topological polar surface area (TPSA) is 55.6 Å². The van der Waals surface area contributed by atoms with Crippen LogP contribution in [-0.4, -0.2) is 35.2 Å². The Bertz CT molecular complexity index is 309. The molecule has 17 heavy (non-hydrogen) atoms. The summed E-state index contributed by atoms with van der Waals surface area (Å²) in [6.45, 7) is 8.62. The number of nitrogens with two attached hydrogens (primary N) is 1. The van der Waals surface area contributed by atoms with Crippen molar-refractivity contribution in [3.63, 3.8) is 0 Å². The minimum atomic E-state index is -0.402. The zero-order valence-corrected chi connectivity index (χ0v) is 11.3. The van der Waals surface area contributed by atoms with Crippen molar-refractivity contribution in [2.45, 2.75) is 58.2 Å². The SMILES string of the molecule is C[C@H](N)CC1[C@H]2C[C@@H]1N(C(=O)OC(C)(C)C)C2. The Morgan fingerprint density at radius 2 is 2.18 bits per heavy atom. The monoisotopic (exact) mass is 240 g/mol. The molecule has 2 heterocycles. The Balaban J connectivity index is 1.91. The van der Waals surface area contributed by atoms with Gasteiger partial charge in [0, 0.05) is 18.6 Å². The van der Waals surface area contributed by atoms with Crippen molar-refractivity contribution in [2.24, 2.45) is 17.6 Å². The summed E-state index contributed by atoms with van der Waals surface area (Å²) in [5.74, 6) is 1.25. The van der Waals surface area contributed by atoms with Gasteiger partial charge in [0.05, 0.1) is 0 Å². The van der Waals surface area contributed by atoms with Gasteiger partial charge in [-0.1, -0.05) is 0 Å². The number of nitrogens with zero attached hydrogens (tertiary/aromatic N) is 1. The van der Waals surface area contributed by atoms with Crippen molar-refractivity contribution in [1.29, 1.82) is 0 Å². The van der Waals surface area contributed by atoms with Crippen LogP contribution in [0.5, 0.6) is 0 Å². The molecule has 2 bridgehead atoms. The first-order chi connectivity index (χ1) is 7.78. The standard InChI is InChI=1S/C13H24N2O2/c1-8(14)5-10-9-6-11(10)15(7-9)12(16)17-13(2,3)4/h8-11H,5-7,14H2,1-4H3/t8-,9-,10?,11-/m0/s1. The van der Waals surface area contributed by atoms with Gasteiger partial charge in [-0.2, -0.15) is 0 Å². The van der Waals surface area contributed by atoms with Crippen LogP contribution in [0, 0.1) is 11.8 Å². The lowest BCUT2D eigenvalue weighted by Gasteiger charge is -2.37. The Morgan fingerprint density at radius 3 is 2.71 bits per heavy atom. The summed E-state index contributed by atoms with van der Waals surface area (Å²) in [5.41, 5.74) is 5.44. The summed E-state index contributed by atoms with van der Waals surface area (Å²) < 4.78 is 5.43. The molecule has 0 aromatic heterocycles. The summed E-state index contributed by atoms with van der Waals surface area (Å²) in [4.78, 5) is 13.9. The quantitative estimate of drug-likeness (QED) is 0.803. The van der Waals surface area contributed by atoms with E-state index in [0.717, 1.165) is 19.4 Å². The second-order valence-electron chi connectivity index (χ2n) is 6.57. The molecule has 3 aliphatic rings. The third kappa shape index (κ3) is 2.57. The van der Waals surface area contributed by atoms with Gasteiger partial charge in [0.1, 0.15) is 5.60 Å². The van der Waals surface area contributed by atoms with E-state index in [4.69, 9.17) is 10.5 Å². The molecule has 1 saturated carbocycles. The van der Waals surface area contributed by atoms with Gasteiger partial charge < -0.3 is 15.4 Å². The highest BCUT2D eigenvalue weighted by Gasteiger charge is 2.54. The van der Waals surface area contributed by atoms with Gasteiger partial charge in [0.15, 0.2) is 0 Å². The zero-order valence-electron chi connectivity index (χ0n) is 11.3. The van der Waals surface area contributed by atoms with Gasteiger partial charge in [-0.3, -0.25) is 0 Å². The van der Waals surface area contributed by atoms with E-state index in [-0.39, 0.29) is 12.1 Å². The van der Waals surface area contributed by atoms with Crippen LogP contribution in [-0.2, 0) is 4.74 Å². The van der Waals surface area contributed by atoms with E-state index in [9.17, 15) is 4.79 Å². The van der Waals surface area contributed by atoms with Crippen LogP contribution in [0.1, 0.15) is 40.5 Å². The van der Waals surface area contributed by atoms with E-state index >= 15 is 0 Å². The summed E-state index contributed by atoms with van der Waals surface area (Å²) in [7, 11) is 0. The van der Waals surface area contributed by atoms with E-state index in [1.54, 1.807) is 0 Å². The molecule has 2 aliphatic heterocycles. The lowest BCUT2D eigenvalue weighted by Crippen LogP contribution is -2.44. The van der Waals surface area contributed by atoms with Gasteiger partial charge in [0.25, 0.3) is 0 Å². The fourth-order valence-electron chi connectivity index (χ4n) is 3.04. The first-order valence-electron chi connectivity index (χ1n) is 6.53. The van der Waals surface area contributed by atoms with Crippen LogP contribution >= 0.6 is 0 Å². The molecule has 0 aromatic carbocycles. The molecule has 1 amide bonds. The number of carbonyl (C=O) groups excluding carboxylic acids is 1. The number of hydrogen-bond donors (Lipinski definition) is 1. The van der Waals surface area contributed by atoms with Crippen LogP contribution in [0.3, 0.4) is 0 Å². The lowest BCUT2D eigenvalue weighted by atomic mass is 9.71. The third-order valence-corrected chi connectivity index (χ3v) is 3.75. The number of fused-ring (bicyclic) bond motifs is 1. The molecule has 0 spiro atoms. The normalized spacial score (nSPS) is 33.2. The number of hydrogen-bond acceptors (Lipinski definition) is 3. The van der Waals surface area contributed by atoms with Crippen molar-refractivity contribution >= 4 is 6.09 Å². The number of rotatable bonds is 2. The lowest BCUT2D eigenvalue weighted by molar-refractivity contribution is 0.0194. The Morgan fingerprint density at radius 1 is 1.53 bits per heavy atom. The molecular formula is C13H24N2O2. The predicted molar refractivity (Wildman–Crippen MR) is 66.6 cm³/mol. The molecule has 0 radical (unpaired) electrons. The van der Waals surface area contributed by atoms with Crippen LogP contribution in [0.4, 0.5) is 4.79 Å². The van der Waals surface area contributed by atoms with Crippen molar-refractivity contribution in [3.8, 4) is 0 Å². The molecule has 1 aliphatic carbocycles. The van der Waals surface area contributed by atoms with Crippen molar-refractivity contribution in [3.05, 3.63) is 0 Å². The minimum Gasteiger partial charge on any atom is -0.444 e. The van der Waals surface area contributed by atoms with Crippen LogP contribution in [0.25, 0.3) is 0 Å². The number of ether oxygens (including phenoxy) is 1. The molecule has 4 heteroatoms. The van der Waals surface area contributed by atoms with Gasteiger partial charge >= 0.3 is 6.09 Å². The minimum absolute atomic E-state index is 0.155. The molecule has 2 saturated heterocycles. The highest BCUT2D eigenvalue weighted by Crippen LogP contribution is 2.48. The molecule has 98 valence electrons. The third-order valence-electron chi connectivity index (χ3n) is 3.75.